The van der Waals surface area contributed by atoms with Gasteiger partial charge < -0.3 is 10.1 Å². The molecule has 19 heavy (non-hydrogen) atoms. The number of nitrogens with zero attached hydrogens (tertiary/aromatic N) is 2. The van der Waals surface area contributed by atoms with Gasteiger partial charge in [-0.2, -0.15) is 0 Å². The normalized spacial score (nSPS) is 12.7. The lowest BCUT2D eigenvalue weighted by Crippen LogP contribution is -2.42. The second-order valence-corrected chi connectivity index (χ2v) is 5.34. The molecular weight excluding hydrogens is 270 g/mol. The molecular formula is C12H16ClN3O3. The fourth-order valence-electron chi connectivity index (χ4n) is 1.15. The van der Waals surface area contributed by atoms with Crippen LogP contribution >= 0.6 is 11.6 Å². The van der Waals surface area contributed by atoms with Crippen LogP contribution in [0.15, 0.2) is 12.4 Å². The molecule has 1 aromatic heterocycles. The van der Waals surface area contributed by atoms with Crippen molar-refractivity contribution in [2.45, 2.75) is 39.3 Å². The van der Waals surface area contributed by atoms with Gasteiger partial charge in [0.25, 0.3) is 5.91 Å². The highest BCUT2D eigenvalue weighted by Crippen LogP contribution is 2.08. The highest BCUT2D eigenvalue weighted by molar-refractivity contribution is 6.29. The Kier molecular flexibility index (Phi) is 4.83. The largest absolute Gasteiger partial charge is 0.458 e. The van der Waals surface area contributed by atoms with Crippen LogP contribution in [0.2, 0.25) is 5.15 Å². The van der Waals surface area contributed by atoms with Crippen LogP contribution in [-0.2, 0) is 9.53 Å². The van der Waals surface area contributed by atoms with E-state index in [-0.39, 0.29) is 10.8 Å². The Morgan fingerprint density at radius 3 is 2.42 bits per heavy atom. The molecule has 7 heteroatoms. The number of amides is 1. The lowest BCUT2D eigenvalue weighted by molar-refractivity contribution is -0.156. The van der Waals surface area contributed by atoms with Crippen molar-refractivity contribution in [3.8, 4) is 0 Å². The van der Waals surface area contributed by atoms with Crippen LogP contribution in [0.3, 0.4) is 0 Å². The highest BCUT2D eigenvalue weighted by Gasteiger charge is 2.23. The predicted octanol–water partition coefficient (Wildman–Crippen LogP) is 1.59. The van der Waals surface area contributed by atoms with Crippen LogP contribution in [0.1, 0.15) is 38.2 Å². The van der Waals surface area contributed by atoms with Crippen LogP contribution in [0, 0.1) is 0 Å². The number of carbonyl (C=O) groups excluding carboxylic acids is 2. The average molecular weight is 286 g/mol. The van der Waals surface area contributed by atoms with Crippen molar-refractivity contribution in [2.75, 3.05) is 0 Å². The van der Waals surface area contributed by atoms with Gasteiger partial charge in [0.15, 0.2) is 0 Å². The highest BCUT2D eigenvalue weighted by atomic mass is 35.5. The summed E-state index contributed by atoms with van der Waals surface area (Å²) in [5.41, 5.74) is -0.518. The van der Waals surface area contributed by atoms with E-state index in [2.05, 4.69) is 15.3 Å². The van der Waals surface area contributed by atoms with E-state index in [9.17, 15) is 9.59 Å². The Balaban J connectivity index is 2.61. The van der Waals surface area contributed by atoms with Gasteiger partial charge in [-0.3, -0.25) is 4.79 Å². The summed E-state index contributed by atoms with van der Waals surface area (Å²) in [6.45, 7) is 6.80. The van der Waals surface area contributed by atoms with Gasteiger partial charge >= 0.3 is 5.97 Å². The monoisotopic (exact) mass is 285 g/mol. The Morgan fingerprint density at radius 1 is 1.32 bits per heavy atom. The first-order valence-corrected chi connectivity index (χ1v) is 6.08. The summed E-state index contributed by atoms with van der Waals surface area (Å²) in [5.74, 6) is -1.02. The summed E-state index contributed by atoms with van der Waals surface area (Å²) in [6, 6.07) is -0.774. The van der Waals surface area contributed by atoms with Crippen molar-refractivity contribution in [3.05, 3.63) is 23.2 Å². The number of esters is 1. The van der Waals surface area contributed by atoms with Crippen molar-refractivity contribution in [2.24, 2.45) is 0 Å². The van der Waals surface area contributed by atoms with Gasteiger partial charge in [0.1, 0.15) is 22.5 Å². The number of ether oxygens (including phenoxy) is 1. The van der Waals surface area contributed by atoms with Crippen LogP contribution in [0.5, 0.6) is 0 Å². The Hall–Kier alpha value is -1.69. The number of rotatable bonds is 3. The second-order valence-electron chi connectivity index (χ2n) is 4.95. The molecule has 0 saturated heterocycles. The SMILES string of the molecule is C[C@H](NC(=O)c1cnc(Cl)cn1)C(=O)OC(C)(C)C. The molecule has 0 aliphatic carbocycles. The quantitative estimate of drug-likeness (QED) is 0.853. The minimum absolute atomic E-state index is 0.0832. The summed E-state index contributed by atoms with van der Waals surface area (Å²) >= 11 is 5.57. The molecule has 104 valence electrons. The number of nitrogens with one attached hydrogen (secondary N) is 1. The van der Waals surface area contributed by atoms with E-state index in [4.69, 9.17) is 16.3 Å². The van der Waals surface area contributed by atoms with Gasteiger partial charge in [0, 0.05) is 0 Å². The third-order valence-corrected chi connectivity index (χ3v) is 2.16. The maximum absolute atomic E-state index is 11.8. The van der Waals surface area contributed by atoms with Gasteiger partial charge in [-0.15, -0.1) is 0 Å². The van der Waals surface area contributed by atoms with Crippen LogP contribution < -0.4 is 5.32 Å². The average Bonchev–Trinajstić information content (AvgIpc) is 2.27. The summed E-state index contributed by atoms with van der Waals surface area (Å²) in [6.07, 6.45) is 2.49. The molecule has 0 aliphatic heterocycles. The first kappa shape index (κ1) is 15.4. The van der Waals surface area contributed by atoms with E-state index in [1.807, 2.05) is 0 Å². The summed E-state index contributed by atoms with van der Waals surface area (Å²) in [5, 5.41) is 2.67. The van der Waals surface area contributed by atoms with Crippen molar-refractivity contribution in [1.29, 1.82) is 0 Å². The van der Waals surface area contributed by atoms with Gasteiger partial charge in [-0.05, 0) is 27.7 Å². The van der Waals surface area contributed by atoms with E-state index in [1.54, 1.807) is 20.8 Å². The molecule has 0 fully saturated rings. The summed E-state index contributed by atoms with van der Waals surface area (Å²) < 4.78 is 5.14. The topological polar surface area (TPSA) is 81.2 Å². The predicted molar refractivity (Wildman–Crippen MR) is 69.8 cm³/mol. The smallest absolute Gasteiger partial charge is 0.328 e. The maximum Gasteiger partial charge on any atom is 0.328 e. The molecule has 0 aliphatic rings. The molecule has 0 radical (unpaired) electrons. The first-order chi connectivity index (χ1) is 8.69. The second kappa shape index (κ2) is 5.97. The molecule has 1 atom stereocenters. The van der Waals surface area contributed by atoms with Crippen molar-refractivity contribution in [1.82, 2.24) is 15.3 Å². The Bertz CT molecular complexity index is 468. The fourth-order valence-corrected chi connectivity index (χ4v) is 1.25. The van der Waals surface area contributed by atoms with Gasteiger partial charge in [-0.1, -0.05) is 11.6 Å². The molecule has 1 amide bonds. The van der Waals surface area contributed by atoms with Crippen LogP contribution in [0.25, 0.3) is 0 Å². The standard InChI is InChI=1S/C12H16ClN3O3/c1-7(11(18)19-12(2,3)4)16-10(17)8-5-15-9(13)6-14-8/h5-7H,1-4H3,(H,16,17)/t7-/m0/s1. The minimum Gasteiger partial charge on any atom is -0.458 e. The number of halogens is 1. The van der Waals surface area contributed by atoms with E-state index in [0.29, 0.717) is 0 Å². The number of hydrogen-bond acceptors (Lipinski definition) is 5. The third-order valence-electron chi connectivity index (χ3n) is 1.96. The van der Waals surface area contributed by atoms with Crippen LogP contribution in [0.4, 0.5) is 0 Å². The Labute approximate surface area is 116 Å². The molecule has 0 unspecified atom stereocenters. The van der Waals surface area contributed by atoms with Crippen molar-refractivity contribution >= 4 is 23.5 Å². The van der Waals surface area contributed by atoms with E-state index in [1.165, 1.54) is 19.3 Å². The molecule has 6 nitrogen and oxygen atoms in total. The maximum atomic E-state index is 11.8. The van der Waals surface area contributed by atoms with Crippen molar-refractivity contribution in [3.63, 3.8) is 0 Å². The molecule has 0 aromatic carbocycles. The molecule has 0 bridgehead atoms. The van der Waals surface area contributed by atoms with Gasteiger partial charge in [0.2, 0.25) is 0 Å². The Morgan fingerprint density at radius 2 is 1.95 bits per heavy atom. The van der Waals surface area contributed by atoms with Crippen molar-refractivity contribution < 1.29 is 14.3 Å². The molecule has 1 aromatic rings. The summed E-state index contributed by atoms with van der Waals surface area (Å²) in [4.78, 5) is 31.0. The van der Waals surface area contributed by atoms with E-state index < -0.39 is 23.5 Å². The zero-order valence-electron chi connectivity index (χ0n) is 11.2. The fraction of sp³-hybridized carbons (Fsp3) is 0.500. The molecule has 1 N–H and O–H groups in total. The summed E-state index contributed by atoms with van der Waals surface area (Å²) in [7, 11) is 0. The van der Waals surface area contributed by atoms with E-state index >= 15 is 0 Å². The number of aromatic nitrogens is 2. The number of hydrogen-bond donors (Lipinski definition) is 1. The van der Waals surface area contributed by atoms with E-state index in [0.717, 1.165) is 0 Å². The minimum atomic E-state index is -0.774. The van der Waals surface area contributed by atoms with Gasteiger partial charge in [0.05, 0.1) is 12.4 Å². The zero-order valence-corrected chi connectivity index (χ0v) is 12.0. The molecule has 1 rings (SSSR count). The lowest BCUT2D eigenvalue weighted by Gasteiger charge is -2.22. The lowest BCUT2D eigenvalue weighted by atomic mass is 10.2. The van der Waals surface area contributed by atoms with Crippen LogP contribution in [-0.4, -0.2) is 33.5 Å². The molecule has 0 spiro atoms. The zero-order chi connectivity index (χ0) is 14.6. The molecule has 0 saturated carbocycles. The molecule has 1 heterocycles. The first-order valence-electron chi connectivity index (χ1n) is 5.70. The number of carbonyl (C=O) groups is 2. The van der Waals surface area contributed by atoms with Gasteiger partial charge in [-0.25, -0.2) is 14.8 Å². The third kappa shape index (κ3) is 5.21.